The highest BCUT2D eigenvalue weighted by Crippen LogP contribution is 2.30. The van der Waals surface area contributed by atoms with Gasteiger partial charge in [0.1, 0.15) is 5.75 Å². The van der Waals surface area contributed by atoms with Gasteiger partial charge in [0.05, 0.1) is 19.3 Å². The van der Waals surface area contributed by atoms with Crippen LogP contribution in [0.5, 0.6) is 5.75 Å². The van der Waals surface area contributed by atoms with E-state index in [0.29, 0.717) is 12.2 Å². The molecule has 0 aliphatic heterocycles. The summed E-state index contributed by atoms with van der Waals surface area (Å²) in [4.78, 5) is 19.2. The quantitative estimate of drug-likeness (QED) is 0.577. The molecular weight excluding hydrogens is 354 g/mol. The molecule has 4 rings (SSSR count). The van der Waals surface area contributed by atoms with Gasteiger partial charge in [0.25, 0.3) is 5.91 Å². The summed E-state index contributed by atoms with van der Waals surface area (Å²) in [5.41, 5.74) is 2.10. The molecule has 3 aromatic heterocycles. The van der Waals surface area contributed by atoms with Crippen molar-refractivity contribution in [2.24, 2.45) is 0 Å². The summed E-state index contributed by atoms with van der Waals surface area (Å²) in [6.45, 7) is 0.499. The highest BCUT2D eigenvalue weighted by molar-refractivity contribution is 7.15. The molecular formula is C18H15N3O2S2. The second kappa shape index (κ2) is 6.70. The van der Waals surface area contributed by atoms with E-state index < -0.39 is 0 Å². The van der Waals surface area contributed by atoms with Crippen LogP contribution >= 0.6 is 22.7 Å². The molecule has 0 saturated heterocycles. The van der Waals surface area contributed by atoms with E-state index >= 15 is 0 Å². The molecule has 25 heavy (non-hydrogen) atoms. The van der Waals surface area contributed by atoms with Crippen molar-refractivity contribution in [2.45, 2.75) is 6.54 Å². The van der Waals surface area contributed by atoms with Gasteiger partial charge in [0, 0.05) is 22.0 Å². The van der Waals surface area contributed by atoms with Crippen molar-refractivity contribution in [3.05, 3.63) is 63.9 Å². The second-order valence-electron chi connectivity index (χ2n) is 5.36. The summed E-state index contributed by atoms with van der Waals surface area (Å²) in [6.07, 6.45) is 1.93. The van der Waals surface area contributed by atoms with Gasteiger partial charge in [-0.3, -0.25) is 9.20 Å². The van der Waals surface area contributed by atoms with Crippen molar-refractivity contribution in [2.75, 3.05) is 7.11 Å². The molecule has 0 aliphatic carbocycles. The smallest absolute Gasteiger partial charge is 0.272 e. The fourth-order valence-corrected chi connectivity index (χ4v) is 4.01. The zero-order valence-corrected chi connectivity index (χ0v) is 15.1. The van der Waals surface area contributed by atoms with Crippen molar-refractivity contribution >= 4 is 33.5 Å². The molecule has 4 aromatic rings. The predicted molar refractivity (Wildman–Crippen MR) is 101 cm³/mol. The highest BCUT2D eigenvalue weighted by atomic mass is 32.1. The number of hydrogen-bond donors (Lipinski definition) is 1. The number of nitrogens with one attached hydrogen (secondary N) is 1. The van der Waals surface area contributed by atoms with Crippen molar-refractivity contribution < 1.29 is 9.53 Å². The van der Waals surface area contributed by atoms with Gasteiger partial charge in [-0.1, -0.05) is 18.2 Å². The zero-order chi connectivity index (χ0) is 17.2. The van der Waals surface area contributed by atoms with E-state index in [0.717, 1.165) is 26.8 Å². The Hall–Kier alpha value is -2.64. The van der Waals surface area contributed by atoms with Crippen molar-refractivity contribution in [3.63, 3.8) is 0 Å². The second-order valence-corrected chi connectivity index (χ2v) is 7.26. The summed E-state index contributed by atoms with van der Waals surface area (Å²) in [7, 11) is 1.63. The van der Waals surface area contributed by atoms with Crippen LogP contribution in [-0.2, 0) is 6.54 Å². The summed E-state index contributed by atoms with van der Waals surface area (Å²) in [6, 6.07) is 11.6. The number of nitrogens with zero attached hydrogens (tertiary/aromatic N) is 2. The molecule has 1 amide bonds. The molecule has 0 fully saturated rings. The molecule has 0 spiro atoms. The van der Waals surface area contributed by atoms with E-state index in [-0.39, 0.29) is 5.91 Å². The maximum atomic E-state index is 12.7. The monoisotopic (exact) mass is 369 g/mol. The Bertz CT molecular complexity index is 1020. The number of imidazole rings is 1. The molecule has 5 nitrogen and oxygen atoms in total. The third kappa shape index (κ3) is 3.04. The summed E-state index contributed by atoms with van der Waals surface area (Å²) >= 11 is 3.12. The van der Waals surface area contributed by atoms with Crippen molar-refractivity contribution in [1.82, 2.24) is 14.7 Å². The predicted octanol–water partition coefficient (Wildman–Crippen LogP) is 4.06. The SMILES string of the molecule is COc1cccc(-c2c(C(=O)NCc3cccs3)nc3sccn23)c1. The average Bonchev–Trinajstić information content (AvgIpc) is 3.36. The van der Waals surface area contributed by atoms with Crippen LogP contribution < -0.4 is 10.1 Å². The molecule has 1 N–H and O–H groups in total. The summed E-state index contributed by atoms with van der Waals surface area (Å²) < 4.78 is 7.26. The third-order valence-electron chi connectivity index (χ3n) is 3.82. The van der Waals surface area contributed by atoms with Crippen LogP contribution in [0.15, 0.2) is 53.4 Å². The third-order valence-corrected chi connectivity index (χ3v) is 5.46. The average molecular weight is 369 g/mol. The van der Waals surface area contributed by atoms with E-state index in [1.807, 2.05) is 57.8 Å². The number of benzene rings is 1. The molecule has 1 aromatic carbocycles. The maximum Gasteiger partial charge on any atom is 0.272 e. The Kier molecular flexibility index (Phi) is 4.25. The van der Waals surface area contributed by atoms with Crippen LogP contribution in [0, 0.1) is 0 Å². The van der Waals surface area contributed by atoms with Crippen molar-refractivity contribution in [1.29, 1.82) is 0 Å². The van der Waals surface area contributed by atoms with Gasteiger partial charge in [-0.25, -0.2) is 4.98 Å². The first-order chi connectivity index (χ1) is 12.3. The Morgan fingerprint density at radius 3 is 2.96 bits per heavy atom. The number of thiazole rings is 1. The Morgan fingerprint density at radius 2 is 2.16 bits per heavy atom. The van der Waals surface area contributed by atoms with Crippen LogP contribution in [0.2, 0.25) is 0 Å². The highest BCUT2D eigenvalue weighted by Gasteiger charge is 2.21. The molecule has 7 heteroatoms. The topological polar surface area (TPSA) is 55.6 Å². The van der Waals surface area contributed by atoms with Crippen molar-refractivity contribution in [3.8, 4) is 17.0 Å². The standard InChI is InChI=1S/C18H15N3O2S2/c1-23-13-5-2-4-12(10-13)16-15(20-18-21(16)7-9-25-18)17(22)19-11-14-6-3-8-24-14/h2-10H,11H2,1H3,(H,19,22). The molecule has 0 bridgehead atoms. The van der Waals surface area contributed by atoms with Crippen LogP contribution in [0.1, 0.15) is 15.4 Å². The molecule has 0 saturated carbocycles. The lowest BCUT2D eigenvalue weighted by Crippen LogP contribution is -2.23. The van der Waals surface area contributed by atoms with E-state index in [1.165, 1.54) is 11.3 Å². The zero-order valence-electron chi connectivity index (χ0n) is 13.4. The minimum Gasteiger partial charge on any atom is -0.497 e. The Labute approximate surface area is 152 Å². The maximum absolute atomic E-state index is 12.7. The minimum atomic E-state index is -0.179. The number of rotatable bonds is 5. The largest absolute Gasteiger partial charge is 0.497 e. The molecule has 0 radical (unpaired) electrons. The summed E-state index contributed by atoms with van der Waals surface area (Å²) in [5, 5.41) is 6.91. The first kappa shape index (κ1) is 15.9. The lowest BCUT2D eigenvalue weighted by atomic mass is 10.1. The normalized spacial score (nSPS) is 10.9. The molecule has 3 heterocycles. The van der Waals surface area contributed by atoms with Crippen LogP contribution in [0.3, 0.4) is 0 Å². The van der Waals surface area contributed by atoms with E-state index in [4.69, 9.17) is 4.74 Å². The number of aromatic nitrogens is 2. The fourth-order valence-electron chi connectivity index (χ4n) is 2.65. The number of hydrogen-bond acceptors (Lipinski definition) is 5. The van der Waals surface area contributed by atoms with E-state index in [1.54, 1.807) is 18.4 Å². The minimum absolute atomic E-state index is 0.179. The van der Waals surface area contributed by atoms with Gasteiger partial charge >= 0.3 is 0 Å². The van der Waals surface area contributed by atoms with Crippen LogP contribution in [0.4, 0.5) is 0 Å². The summed E-state index contributed by atoms with van der Waals surface area (Å²) in [5.74, 6) is 0.565. The first-order valence-electron chi connectivity index (χ1n) is 7.67. The Balaban J connectivity index is 1.73. The first-order valence-corrected chi connectivity index (χ1v) is 9.43. The number of methoxy groups -OCH3 is 1. The molecule has 0 atom stereocenters. The van der Waals surface area contributed by atoms with Gasteiger partial charge in [0.2, 0.25) is 0 Å². The number of amides is 1. The van der Waals surface area contributed by atoms with Gasteiger partial charge in [-0.05, 0) is 23.6 Å². The van der Waals surface area contributed by atoms with Gasteiger partial charge in [-0.2, -0.15) is 0 Å². The Morgan fingerprint density at radius 1 is 1.24 bits per heavy atom. The number of ether oxygens (including phenoxy) is 1. The van der Waals surface area contributed by atoms with Crippen LogP contribution in [0.25, 0.3) is 16.2 Å². The van der Waals surface area contributed by atoms with E-state index in [2.05, 4.69) is 10.3 Å². The molecule has 0 unspecified atom stereocenters. The van der Waals surface area contributed by atoms with Gasteiger partial charge < -0.3 is 10.1 Å². The van der Waals surface area contributed by atoms with E-state index in [9.17, 15) is 4.79 Å². The lowest BCUT2D eigenvalue weighted by molar-refractivity contribution is 0.0947. The molecule has 0 aliphatic rings. The number of carbonyl (C=O) groups excluding carboxylic acids is 1. The fraction of sp³-hybridized carbons (Fsp3) is 0.111. The lowest BCUT2D eigenvalue weighted by Gasteiger charge is -2.07. The number of carbonyl (C=O) groups is 1. The number of thiophene rings is 1. The number of fused-ring (bicyclic) bond motifs is 1. The van der Waals surface area contributed by atoms with Gasteiger partial charge in [0.15, 0.2) is 10.7 Å². The van der Waals surface area contributed by atoms with Crippen LogP contribution in [-0.4, -0.2) is 22.4 Å². The van der Waals surface area contributed by atoms with Gasteiger partial charge in [-0.15, -0.1) is 22.7 Å². The molecule has 126 valence electrons.